The minimum atomic E-state index is 0.422. The van der Waals surface area contributed by atoms with Crippen molar-refractivity contribution in [3.63, 3.8) is 0 Å². The van der Waals surface area contributed by atoms with Gasteiger partial charge in [-0.05, 0) is 25.8 Å². The number of methoxy groups -OCH3 is 2. The van der Waals surface area contributed by atoms with Crippen molar-refractivity contribution in [2.75, 3.05) is 14.2 Å². The van der Waals surface area contributed by atoms with Crippen LogP contribution in [0.25, 0.3) is 10.9 Å². The highest BCUT2D eigenvalue weighted by molar-refractivity contribution is 5.84. The van der Waals surface area contributed by atoms with E-state index < -0.39 is 0 Å². The number of fused-ring (bicyclic) bond motifs is 1. The summed E-state index contributed by atoms with van der Waals surface area (Å²) in [4.78, 5) is 9.48. The van der Waals surface area contributed by atoms with Gasteiger partial charge in [0.05, 0.1) is 19.7 Å². The summed E-state index contributed by atoms with van der Waals surface area (Å²) in [7, 11) is 3.28. The molecule has 1 heterocycles. The fourth-order valence-corrected chi connectivity index (χ4v) is 2.68. The summed E-state index contributed by atoms with van der Waals surface area (Å²) >= 11 is 0. The van der Waals surface area contributed by atoms with E-state index in [0.717, 1.165) is 41.7 Å². The van der Waals surface area contributed by atoms with Gasteiger partial charge in [-0.25, -0.2) is 9.97 Å². The number of nitrogens with zero attached hydrogens (tertiary/aromatic N) is 2. The average Bonchev–Trinajstić information content (AvgIpc) is 2.51. The molecular formula is C17H24N2O2. The summed E-state index contributed by atoms with van der Waals surface area (Å²) < 4.78 is 10.7. The normalized spacial score (nSPS) is 12.4. The molecular weight excluding hydrogens is 264 g/mol. The zero-order valence-electron chi connectivity index (χ0n) is 13.6. The van der Waals surface area contributed by atoms with Gasteiger partial charge in [-0.3, -0.25) is 0 Å². The lowest BCUT2D eigenvalue weighted by atomic mass is 9.99. The van der Waals surface area contributed by atoms with Gasteiger partial charge in [0, 0.05) is 23.1 Å². The molecule has 4 heteroatoms. The molecule has 0 spiro atoms. The van der Waals surface area contributed by atoms with Crippen molar-refractivity contribution in [2.24, 2.45) is 0 Å². The zero-order chi connectivity index (χ0) is 15.4. The Morgan fingerprint density at radius 1 is 1.05 bits per heavy atom. The highest BCUT2D eigenvalue weighted by Crippen LogP contribution is 2.33. The van der Waals surface area contributed by atoms with Gasteiger partial charge < -0.3 is 9.47 Å². The first-order valence-corrected chi connectivity index (χ1v) is 7.54. The van der Waals surface area contributed by atoms with Gasteiger partial charge in [0.2, 0.25) is 0 Å². The number of hydrogen-bond donors (Lipinski definition) is 0. The monoisotopic (exact) mass is 288 g/mol. The van der Waals surface area contributed by atoms with Crippen molar-refractivity contribution in [1.29, 1.82) is 0 Å². The molecule has 0 saturated carbocycles. The van der Waals surface area contributed by atoms with E-state index in [4.69, 9.17) is 19.4 Å². The highest BCUT2D eigenvalue weighted by atomic mass is 16.5. The summed E-state index contributed by atoms with van der Waals surface area (Å²) in [5.74, 6) is 2.78. The van der Waals surface area contributed by atoms with E-state index in [9.17, 15) is 0 Å². The summed E-state index contributed by atoms with van der Waals surface area (Å²) in [6, 6.07) is 3.89. The predicted molar refractivity (Wildman–Crippen MR) is 85.3 cm³/mol. The molecule has 0 fully saturated rings. The SMILES string of the molecule is CCCC(CC)c1nc(C)c2cc(OC)c(OC)cc2n1. The van der Waals surface area contributed by atoms with E-state index in [1.54, 1.807) is 14.2 Å². The minimum Gasteiger partial charge on any atom is -0.493 e. The number of ether oxygens (including phenoxy) is 2. The lowest BCUT2D eigenvalue weighted by Crippen LogP contribution is -2.06. The van der Waals surface area contributed by atoms with Crippen LogP contribution in [-0.4, -0.2) is 24.2 Å². The summed E-state index contributed by atoms with van der Waals surface area (Å²) in [5, 5.41) is 1.02. The average molecular weight is 288 g/mol. The van der Waals surface area contributed by atoms with Crippen molar-refractivity contribution in [3.05, 3.63) is 23.7 Å². The van der Waals surface area contributed by atoms with Crippen LogP contribution in [0.1, 0.15) is 50.5 Å². The van der Waals surface area contributed by atoms with Crippen LogP contribution < -0.4 is 9.47 Å². The number of aromatic nitrogens is 2. The van der Waals surface area contributed by atoms with Crippen LogP contribution in [0.5, 0.6) is 11.5 Å². The van der Waals surface area contributed by atoms with Crippen LogP contribution >= 0.6 is 0 Å². The Hall–Kier alpha value is -1.84. The second kappa shape index (κ2) is 6.74. The highest BCUT2D eigenvalue weighted by Gasteiger charge is 2.16. The molecule has 2 aromatic rings. The fraction of sp³-hybridized carbons (Fsp3) is 0.529. The molecule has 0 N–H and O–H groups in total. The Bertz CT molecular complexity index is 626. The number of rotatable bonds is 6. The number of hydrogen-bond acceptors (Lipinski definition) is 4. The Balaban J connectivity index is 2.58. The molecule has 2 rings (SSSR count). The number of aryl methyl sites for hydroxylation is 1. The van der Waals surface area contributed by atoms with E-state index in [-0.39, 0.29) is 0 Å². The molecule has 0 bridgehead atoms. The predicted octanol–water partition coefficient (Wildman–Crippen LogP) is 4.25. The molecule has 1 atom stereocenters. The maximum absolute atomic E-state index is 5.37. The Morgan fingerprint density at radius 2 is 1.71 bits per heavy atom. The third-order valence-electron chi connectivity index (χ3n) is 3.90. The van der Waals surface area contributed by atoms with Crippen LogP contribution in [0.4, 0.5) is 0 Å². The lowest BCUT2D eigenvalue weighted by Gasteiger charge is -2.15. The maximum Gasteiger partial charge on any atom is 0.162 e. The first kappa shape index (κ1) is 15.5. The van der Waals surface area contributed by atoms with Gasteiger partial charge in [-0.1, -0.05) is 20.3 Å². The second-order valence-corrected chi connectivity index (χ2v) is 5.29. The topological polar surface area (TPSA) is 44.2 Å². The van der Waals surface area contributed by atoms with Gasteiger partial charge in [-0.2, -0.15) is 0 Å². The van der Waals surface area contributed by atoms with Crippen molar-refractivity contribution < 1.29 is 9.47 Å². The minimum absolute atomic E-state index is 0.422. The summed E-state index contributed by atoms with van der Waals surface area (Å²) in [6.45, 7) is 6.42. The molecule has 0 aliphatic carbocycles. The van der Waals surface area contributed by atoms with Gasteiger partial charge >= 0.3 is 0 Å². The molecule has 0 amide bonds. The third kappa shape index (κ3) is 3.09. The fourth-order valence-electron chi connectivity index (χ4n) is 2.68. The lowest BCUT2D eigenvalue weighted by molar-refractivity contribution is 0.355. The van der Waals surface area contributed by atoms with E-state index >= 15 is 0 Å². The molecule has 114 valence electrons. The molecule has 0 radical (unpaired) electrons. The first-order valence-electron chi connectivity index (χ1n) is 7.54. The van der Waals surface area contributed by atoms with Gasteiger partial charge in [0.25, 0.3) is 0 Å². The van der Waals surface area contributed by atoms with E-state index in [0.29, 0.717) is 17.4 Å². The summed E-state index contributed by atoms with van der Waals surface area (Å²) in [5.41, 5.74) is 1.91. The van der Waals surface area contributed by atoms with E-state index in [2.05, 4.69) is 13.8 Å². The van der Waals surface area contributed by atoms with Crippen LogP contribution in [0, 0.1) is 6.92 Å². The molecule has 21 heavy (non-hydrogen) atoms. The van der Waals surface area contributed by atoms with Crippen LogP contribution in [0.3, 0.4) is 0 Å². The smallest absolute Gasteiger partial charge is 0.162 e. The maximum atomic E-state index is 5.37. The van der Waals surface area contributed by atoms with Gasteiger partial charge in [0.15, 0.2) is 11.5 Å². The standard InChI is InChI=1S/C17H24N2O2/c1-6-8-12(7-2)17-18-11(3)13-9-15(20-4)16(21-5)10-14(13)19-17/h9-10,12H,6-8H2,1-5H3. The van der Waals surface area contributed by atoms with Crippen molar-refractivity contribution in [3.8, 4) is 11.5 Å². The van der Waals surface area contributed by atoms with Gasteiger partial charge in [0.1, 0.15) is 5.82 Å². The molecule has 1 aromatic carbocycles. The molecule has 0 aliphatic rings. The van der Waals surface area contributed by atoms with E-state index in [1.807, 2.05) is 19.1 Å². The Labute approximate surface area is 126 Å². The second-order valence-electron chi connectivity index (χ2n) is 5.29. The number of benzene rings is 1. The molecule has 0 saturated heterocycles. The third-order valence-corrected chi connectivity index (χ3v) is 3.90. The van der Waals surface area contributed by atoms with Crippen molar-refractivity contribution in [1.82, 2.24) is 9.97 Å². The Kier molecular flexibility index (Phi) is 4.99. The summed E-state index contributed by atoms with van der Waals surface area (Å²) in [6.07, 6.45) is 3.33. The van der Waals surface area contributed by atoms with Crippen LogP contribution in [-0.2, 0) is 0 Å². The van der Waals surface area contributed by atoms with Crippen LogP contribution in [0.2, 0.25) is 0 Å². The molecule has 4 nitrogen and oxygen atoms in total. The zero-order valence-corrected chi connectivity index (χ0v) is 13.6. The first-order chi connectivity index (χ1) is 10.1. The van der Waals surface area contributed by atoms with Crippen LogP contribution in [0.15, 0.2) is 12.1 Å². The quantitative estimate of drug-likeness (QED) is 0.797. The van der Waals surface area contributed by atoms with E-state index in [1.165, 1.54) is 0 Å². The molecule has 0 aliphatic heterocycles. The Morgan fingerprint density at radius 3 is 2.29 bits per heavy atom. The largest absolute Gasteiger partial charge is 0.493 e. The molecule has 1 unspecified atom stereocenters. The van der Waals surface area contributed by atoms with Gasteiger partial charge in [-0.15, -0.1) is 0 Å². The molecule has 1 aromatic heterocycles. The van der Waals surface area contributed by atoms with Crippen molar-refractivity contribution >= 4 is 10.9 Å². The van der Waals surface area contributed by atoms with Crippen molar-refractivity contribution in [2.45, 2.75) is 46.0 Å².